The van der Waals surface area contributed by atoms with Gasteiger partial charge >= 0.3 is 0 Å². The second-order valence-corrected chi connectivity index (χ2v) is 8.58. The number of Topliss-reactive ketones (excluding diaryl/α,β-unsaturated/α-hetero) is 1. The highest BCUT2D eigenvalue weighted by atomic mass is 32.1. The summed E-state index contributed by atoms with van der Waals surface area (Å²) < 4.78 is 11.3. The number of carbonyl (C=O) groups excluding carboxylic acids is 1. The molecule has 0 fully saturated rings. The summed E-state index contributed by atoms with van der Waals surface area (Å²) in [5, 5.41) is 11.2. The van der Waals surface area contributed by atoms with Crippen LogP contribution >= 0.6 is 11.3 Å². The minimum absolute atomic E-state index is 0.0591. The molecular weight excluding hydrogens is 424 g/mol. The van der Waals surface area contributed by atoms with Gasteiger partial charge in [0.15, 0.2) is 11.5 Å². The van der Waals surface area contributed by atoms with Gasteiger partial charge < -0.3 is 19.3 Å². The average molecular weight is 451 g/mol. The first-order chi connectivity index (χ1) is 15.4. The number of hydrogen-bond acceptors (Lipinski definition) is 7. The quantitative estimate of drug-likeness (QED) is 0.516. The van der Waals surface area contributed by atoms with Crippen molar-refractivity contribution < 1.29 is 14.3 Å². The second kappa shape index (κ2) is 9.00. The summed E-state index contributed by atoms with van der Waals surface area (Å²) in [4.78, 5) is 21.5. The lowest BCUT2D eigenvalue weighted by Crippen LogP contribution is -2.30. The molecule has 1 aliphatic heterocycles. The third-order valence-corrected chi connectivity index (χ3v) is 6.20. The highest BCUT2D eigenvalue weighted by Crippen LogP contribution is 2.40. The van der Waals surface area contributed by atoms with Gasteiger partial charge in [0.2, 0.25) is 0 Å². The summed E-state index contributed by atoms with van der Waals surface area (Å²) in [6.07, 6.45) is 1.74. The molecule has 7 nitrogen and oxygen atoms in total. The summed E-state index contributed by atoms with van der Waals surface area (Å²) in [5.74, 6) is 1.77. The molecule has 1 aromatic heterocycles. The Kier molecular flexibility index (Phi) is 6.14. The van der Waals surface area contributed by atoms with E-state index in [1.807, 2.05) is 61.6 Å². The van der Waals surface area contributed by atoms with Gasteiger partial charge in [-0.25, -0.2) is 4.98 Å². The Morgan fingerprint density at radius 1 is 1.25 bits per heavy atom. The lowest BCUT2D eigenvalue weighted by molar-refractivity contribution is 0.0962. The van der Waals surface area contributed by atoms with Crippen molar-refractivity contribution in [3.05, 3.63) is 58.6 Å². The molecule has 0 amide bonds. The first kappa shape index (κ1) is 21.8. The number of aromatic nitrogens is 1. The number of carbonyl (C=O) groups is 1. The molecule has 2 heterocycles. The Balaban J connectivity index is 1.63. The predicted molar refractivity (Wildman–Crippen MR) is 128 cm³/mol. The number of methoxy groups -OCH3 is 1. The van der Waals surface area contributed by atoms with Crippen molar-refractivity contribution in [2.45, 2.75) is 13.5 Å². The highest BCUT2D eigenvalue weighted by molar-refractivity contribution is 7.13. The number of thiazole rings is 1. The van der Waals surface area contributed by atoms with E-state index in [9.17, 15) is 4.79 Å². The SMILES string of the molecule is CCOc1ccc2c(c1)CN(CC(=O)c1cc(-c3nccs3)c(OC)c(N(C)C)c1)C2=N. The van der Waals surface area contributed by atoms with E-state index >= 15 is 0 Å². The zero-order valence-corrected chi connectivity index (χ0v) is 19.5. The molecule has 0 spiro atoms. The number of nitrogens with zero attached hydrogens (tertiary/aromatic N) is 3. The van der Waals surface area contributed by atoms with E-state index in [2.05, 4.69) is 4.98 Å². The van der Waals surface area contributed by atoms with Gasteiger partial charge in [-0.3, -0.25) is 10.2 Å². The molecule has 0 aliphatic carbocycles. The summed E-state index contributed by atoms with van der Waals surface area (Å²) in [6.45, 7) is 3.16. The van der Waals surface area contributed by atoms with Crippen LogP contribution in [0, 0.1) is 5.41 Å². The minimum atomic E-state index is -0.0591. The van der Waals surface area contributed by atoms with Crippen LogP contribution in [0.1, 0.15) is 28.4 Å². The molecule has 2 aromatic carbocycles. The normalized spacial score (nSPS) is 12.6. The Bertz CT molecular complexity index is 1160. The molecule has 0 radical (unpaired) electrons. The van der Waals surface area contributed by atoms with Crippen LogP contribution in [-0.2, 0) is 6.54 Å². The molecule has 1 N–H and O–H groups in total. The molecule has 0 atom stereocenters. The minimum Gasteiger partial charge on any atom is -0.494 e. The average Bonchev–Trinajstić information content (AvgIpc) is 3.41. The Morgan fingerprint density at radius 3 is 2.72 bits per heavy atom. The molecule has 0 unspecified atom stereocenters. The summed E-state index contributed by atoms with van der Waals surface area (Å²) >= 11 is 1.50. The number of fused-ring (bicyclic) bond motifs is 1. The number of ketones is 1. The lowest BCUT2D eigenvalue weighted by Gasteiger charge is -2.21. The number of benzene rings is 2. The molecule has 32 heavy (non-hydrogen) atoms. The zero-order valence-electron chi connectivity index (χ0n) is 18.6. The smallest absolute Gasteiger partial charge is 0.182 e. The molecule has 3 aromatic rings. The molecule has 8 heteroatoms. The Labute approximate surface area is 191 Å². The van der Waals surface area contributed by atoms with Crippen LogP contribution in [0.25, 0.3) is 10.6 Å². The van der Waals surface area contributed by atoms with Crippen LogP contribution in [0.2, 0.25) is 0 Å². The number of hydrogen-bond donors (Lipinski definition) is 1. The predicted octanol–water partition coefficient (Wildman–Crippen LogP) is 4.31. The zero-order chi connectivity index (χ0) is 22.8. The molecule has 1 aliphatic rings. The number of anilines is 1. The standard InChI is InChI=1S/C24H26N4O3S/c1-5-31-17-6-7-18-16(10-17)13-28(23(18)25)14-21(29)15-11-19(24-26-8-9-32-24)22(30-4)20(12-15)27(2)3/h6-12,25H,5,13-14H2,1-4H3. The number of amidine groups is 1. The molecule has 0 saturated carbocycles. The Hall–Kier alpha value is -3.39. The van der Waals surface area contributed by atoms with E-state index in [1.165, 1.54) is 11.3 Å². The van der Waals surface area contributed by atoms with Gasteiger partial charge in [0.1, 0.15) is 16.6 Å². The fraction of sp³-hybridized carbons (Fsp3) is 0.292. The fourth-order valence-electron chi connectivity index (χ4n) is 3.88. The summed E-state index contributed by atoms with van der Waals surface area (Å²) in [5.41, 5.74) is 4.01. The van der Waals surface area contributed by atoms with Gasteiger partial charge in [-0.1, -0.05) is 0 Å². The monoisotopic (exact) mass is 450 g/mol. The van der Waals surface area contributed by atoms with Crippen LogP contribution in [0.15, 0.2) is 41.9 Å². The van der Waals surface area contributed by atoms with Gasteiger partial charge in [0.25, 0.3) is 0 Å². The molecular formula is C24H26N4O3S. The highest BCUT2D eigenvalue weighted by Gasteiger charge is 2.27. The van der Waals surface area contributed by atoms with Gasteiger partial charge in [-0.2, -0.15) is 0 Å². The van der Waals surface area contributed by atoms with Crippen LogP contribution in [-0.4, -0.2) is 55.9 Å². The van der Waals surface area contributed by atoms with Gasteiger partial charge in [-0.15, -0.1) is 11.3 Å². The van der Waals surface area contributed by atoms with Crippen molar-refractivity contribution in [2.75, 3.05) is 39.3 Å². The van der Waals surface area contributed by atoms with Gasteiger partial charge in [0.05, 0.1) is 31.5 Å². The third kappa shape index (κ3) is 4.05. The molecule has 4 rings (SSSR count). The fourth-order valence-corrected chi connectivity index (χ4v) is 4.53. The van der Waals surface area contributed by atoms with E-state index in [4.69, 9.17) is 14.9 Å². The van der Waals surface area contributed by atoms with Crippen molar-refractivity contribution in [3.8, 4) is 22.1 Å². The maximum Gasteiger partial charge on any atom is 0.182 e. The number of rotatable bonds is 8. The van der Waals surface area contributed by atoms with Crippen molar-refractivity contribution in [3.63, 3.8) is 0 Å². The van der Waals surface area contributed by atoms with E-state index < -0.39 is 0 Å². The summed E-state index contributed by atoms with van der Waals surface area (Å²) in [7, 11) is 5.46. The maximum atomic E-state index is 13.3. The first-order valence-electron chi connectivity index (χ1n) is 10.3. The second-order valence-electron chi connectivity index (χ2n) is 7.69. The van der Waals surface area contributed by atoms with Crippen LogP contribution in [0.3, 0.4) is 0 Å². The van der Waals surface area contributed by atoms with Crippen molar-refractivity contribution >= 4 is 28.6 Å². The van der Waals surface area contributed by atoms with Crippen molar-refractivity contribution in [2.24, 2.45) is 0 Å². The van der Waals surface area contributed by atoms with Crippen LogP contribution in [0.4, 0.5) is 5.69 Å². The molecule has 166 valence electrons. The molecule has 0 saturated heterocycles. The van der Waals surface area contributed by atoms with Gasteiger partial charge in [-0.05, 0) is 42.8 Å². The lowest BCUT2D eigenvalue weighted by atomic mass is 10.0. The number of ether oxygens (including phenoxy) is 2. The third-order valence-electron chi connectivity index (χ3n) is 5.39. The van der Waals surface area contributed by atoms with E-state index in [1.54, 1.807) is 18.2 Å². The van der Waals surface area contributed by atoms with E-state index in [0.717, 1.165) is 33.1 Å². The maximum absolute atomic E-state index is 13.3. The number of nitrogens with one attached hydrogen (secondary N) is 1. The van der Waals surface area contributed by atoms with Crippen molar-refractivity contribution in [1.82, 2.24) is 9.88 Å². The first-order valence-corrected chi connectivity index (χ1v) is 11.2. The summed E-state index contributed by atoms with van der Waals surface area (Å²) in [6, 6.07) is 9.40. The van der Waals surface area contributed by atoms with Crippen LogP contribution in [0.5, 0.6) is 11.5 Å². The Morgan fingerprint density at radius 2 is 2.06 bits per heavy atom. The van der Waals surface area contributed by atoms with Gasteiger partial charge in [0, 0.05) is 43.3 Å². The van der Waals surface area contributed by atoms with E-state index in [0.29, 0.717) is 30.3 Å². The van der Waals surface area contributed by atoms with E-state index in [-0.39, 0.29) is 12.3 Å². The van der Waals surface area contributed by atoms with Crippen molar-refractivity contribution in [1.29, 1.82) is 5.41 Å². The topological polar surface area (TPSA) is 78.8 Å². The van der Waals surface area contributed by atoms with Crippen LogP contribution < -0.4 is 14.4 Å². The largest absolute Gasteiger partial charge is 0.494 e. The molecule has 0 bridgehead atoms.